The average molecular weight is 327 g/mol. The molecule has 1 saturated heterocycles. The maximum absolute atomic E-state index is 12.1. The highest BCUT2D eigenvalue weighted by molar-refractivity contribution is 9.10. The normalized spacial score (nSPS) is 18.4. The molecule has 6 heteroatoms. The van der Waals surface area contributed by atoms with Crippen molar-refractivity contribution in [2.45, 2.75) is 25.8 Å². The zero-order valence-corrected chi connectivity index (χ0v) is 12.1. The number of carboxylic acids is 1. The van der Waals surface area contributed by atoms with Crippen LogP contribution in [-0.2, 0) is 4.79 Å². The Labute approximate surface area is 119 Å². The van der Waals surface area contributed by atoms with Gasteiger partial charge in [-0.3, -0.25) is 0 Å². The number of carbonyl (C=O) groups excluding carboxylic acids is 1. The van der Waals surface area contributed by atoms with Gasteiger partial charge in [0, 0.05) is 16.7 Å². The zero-order chi connectivity index (χ0) is 14.0. The number of carbonyl (C=O) groups is 2. The van der Waals surface area contributed by atoms with E-state index in [0.29, 0.717) is 18.7 Å². The molecule has 5 nitrogen and oxygen atoms in total. The van der Waals surface area contributed by atoms with Gasteiger partial charge in [-0.25, -0.2) is 9.59 Å². The molecule has 0 radical (unpaired) electrons. The smallest absolute Gasteiger partial charge is 0.326 e. The second-order valence-electron chi connectivity index (χ2n) is 4.53. The van der Waals surface area contributed by atoms with E-state index in [1.807, 2.05) is 19.1 Å². The van der Waals surface area contributed by atoms with Crippen LogP contribution in [-0.4, -0.2) is 34.6 Å². The first kappa shape index (κ1) is 13.9. The molecule has 2 rings (SSSR count). The van der Waals surface area contributed by atoms with Gasteiger partial charge in [-0.05, 0) is 37.5 Å². The van der Waals surface area contributed by atoms with Crippen molar-refractivity contribution in [1.82, 2.24) is 4.90 Å². The monoisotopic (exact) mass is 326 g/mol. The van der Waals surface area contributed by atoms with Crippen LogP contribution in [0, 0.1) is 6.92 Å². The number of nitrogens with zero attached hydrogens (tertiary/aromatic N) is 1. The number of urea groups is 1. The predicted octanol–water partition coefficient (Wildman–Crippen LogP) is 2.84. The summed E-state index contributed by atoms with van der Waals surface area (Å²) in [5.74, 6) is -0.946. The molecule has 1 atom stereocenters. The van der Waals surface area contributed by atoms with Gasteiger partial charge in [-0.2, -0.15) is 0 Å². The minimum absolute atomic E-state index is 0.355. The largest absolute Gasteiger partial charge is 0.480 e. The molecule has 1 aliphatic heterocycles. The van der Waals surface area contributed by atoms with E-state index in [9.17, 15) is 9.59 Å². The number of hydrogen-bond acceptors (Lipinski definition) is 2. The van der Waals surface area contributed by atoms with Gasteiger partial charge in [0.15, 0.2) is 0 Å². The van der Waals surface area contributed by atoms with Gasteiger partial charge < -0.3 is 15.3 Å². The Kier molecular flexibility index (Phi) is 4.09. The Balaban J connectivity index is 2.13. The standard InChI is InChI=1S/C13H15BrN2O3/c1-8-9(14)4-2-5-10(8)15-13(19)16-7-3-6-11(16)12(17)18/h2,4-5,11H,3,6-7H2,1H3,(H,15,19)(H,17,18)/t11-/m0/s1. The zero-order valence-electron chi connectivity index (χ0n) is 10.5. The van der Waals surface area contributed by atoms with Crippen molar-refractivity contribution in [2.24, 2.45) is 0 Å². The summed E-state index contributed by atoms with van der Waals surface area (Å²) in [5, 5.41) is 11.8. The topological polar surface area (TPSA) is 69.6 Å². The molecule has 1 aromatic carbocycles. The third kappa shape index (κ3) is 2.89. The molecule has 2 amide bonds. The lowest BCUT2D eigenvalue weighted by Gasteiger charge is -2.22. The third-order valence-electron chi connectivity index (χ3n) is 3.31. The fourth-order valence-corrected chi connectivity index (χ4v) is 2.56. The maximum atomic E-state index is 12.1. The summed E-state index contributed by atoms with van der Waals surface area (Å²) in [6.45, 7) is 2.37. The SMILES string of the molecule is Cc1c(Br)cccc1NC(=O)N1CCC[C@H]1C(=O)O. The van der Waals surface area contributed by atoms with Crippen LogP contribution in [0.15, 0.2) is 22.7 Å². The van der Waals surface area contributed by atoms with E-state index in [2.05, 4.69) is 21.2 Å². The van der Waals surface area contributed by atoms with Crippen LogP contribution >= 0.6 is 15.9 Å². The molecule has 2 N–H and O–H groups in total. The minimum Gasteiger partial charge on any atom is -0.480 e. The molecule has 0 unspecified atom stereocenters. The first-order chi connectivity index (χ1) is 9.00. The highest BCUT2D eigenvalue weighted by Gasteiger charge is 2.34. The van der Waals surface area contributed by atoms with Crippen molar-refractivity contribution < 1.29 is 14.7 Å². The Hall–Kier alpha value is -1.56. The van der Waals surface area contributed by atoms with Gasteiger partial charge in [0.05, 0.1) is 0 Å². The average Bonchev–Trinajstić information content (AvgIpc) is 2.84. The van der Waals surface area contributed by atoms with Gasteiger partial charge in [-0.15, -0.1) is 0 Å². The van der Waals surface area contributed by atoms with Crippen LogP contribution in [0.2, 0.25) is 0 Å². The van der Waals surface area contributed by atoms with Crippen LogP contribution in [0.1, 0.15) is 18.4 Å². The molecule has 0 aliphatic carbocycles. The van der Waals surface area contributed by atoms with Crippen molar-refractivity contribution in [1.29, 1.82) is 0 Å². The van der Waals surface area contributed by atoms with Crippen molar-refractivity contribution in [2.75, 3.05) is 11.9 Å². The summed E-state index contributed by atoms with van der Waals surface area (Å²) < 4.78 is 0.904. The van der Waals surface area contributed by atoms with Crippen LogP contribution < -0.4 is 5.32 Å². The second-order valence-corrected chi connectivity index (χ2v) is 5.39. The molecule has 1 aromatic rings. The summed E-state index contributed by atoms with van der Waals surface area (Å²) in [4.78, 5) is 24.6. The molecular formula is C13H15BrN2O3. The van der Waals surface area contributed by atoms with E-state index in [0.717, 1.165) is 16.5 Å². The molecule has 19 heavy (non-hydrogen) atoms. The lowest BCUT2D eigenvalue weighted by Crippen LogP contribution is -2.42. The lowest BCUT2D eigenvalue weighted by atomic mass is 10.2. The fraction of sp³-hybridized carbons (Fsp3) is 0.385. The number of benzene rings is 1. The predicted molar refractivity (Wildman–Crippen MR) is 75.3 cm³/mol. The molecule has 1 heterocycles. The number of hydrogen-bond donors (Lipinski definition) is 2. The van der Waals surface area contributed by atoms with Crippen molar-refractivity contribution in [3.8, 4) is 0 Å². The minimum atomic E-state index is -0.946. The quantitative estimate of drug-likeness (QED) is 0.877. The van der Waals surface area contributed by atoms with Gasteiger partial charge in [-0.1, -0.05) is 22.0 Å². The van der Waals surface area contributed by atoms with Crippen molar-refractivity contribution in [3.63, 3.8) is 0 Å². The highest BCUT2D eigenvalue weighted by Crippen LogP contribution is 2.25. The van der Waals surface area contributed by atoms with E-state index in [1.165, 1.54) is 4.90 Å². The van der Waals surface area contributed by atoms with Crippen molar-refractivity contribution in [3.05, 3.63) is 28.2 Å². The molecule has 102 valence electrons. The van der Waals surface area contributed by atoms with Crippen LogP contribution in [0.4, 0.5) is 10.5 Å². The van der Waals surface area contributed by atoms with Gasteiger partial charge >= 0.3 is 12.0 Å². The number of amides is 2. The number of halogens is 1. The molecule has 0 saturated carbocycles. The van der Waals surface area contributed by atoms with E-state index < -0.39 is 12.0 Å². The van der Waals surface area contributed by atoms with Gasteiger partial charge in [0.1, 0.15) is 6.04 Å². The van der Waals surface area contributed by atoms with E-state index >= 15 is 0 Å². The van der Waals surface area contributed by atoms with Crippen LogP contribution in [0.25, 0.3) is 0 Å². The van der Waals surface area contributed by atoms with E-state index in [4.69, 9.17) is 5.11 Å². The third-order valence-corrected chi connectivity index (χ3v) is 4.17. The number of carboxylic acid groups (broad SMARTS) is 1. The molecular weight excluding hydrogens is 312 g/mol. The molecule has 0 aromatic heterocycles. The second kappa shape index (κ2) is 5.61. The summed E-state index contributed by atoms with van der Waals surface area (Å²) in [5.41, 5.74) is 1.61. The summed E-state index contributed by atoms with van der Waals surface area (Å²) in [7, 11) is 0. The number of aliphatic carboxylic acids is 1. The summed E-state index contributed by atoms with van der Waals surface area (Å²) in [6.07, 6.45) is 1.24. The van der Waals surface area contributed by atoms with Crippen LogP contribution in [0.3, 0.4) is 0 Å². The van der Waals surface area contributed by atoms with E-state index in [1.54, 1.807) is 6.07 Å². The first-order valence-electron chi connectivity index (χ1n) is 6.06. The Morgan fingerprint density at radius 2 is 2.21 bits per heavy atom. The number of rotatable bonds is 2. The van der Waals surface area contributed by atoms with Crippen LogP contribution in [0.5, 0.6) is 0 Å². The molecule has 0 spiro atoms. The molecule has 1 fully saturated rings. The van der Waals surface area contributed by atoms with Gasteiger partial charge in [0.25, 0.3) is 0 Å². The lowest BCUT2D eigenvalue weighted by molar-refractivity contribution is -0.141. The Morgan fingerprint density at radius 1 is 1.47 bits per heavy atom. The number of nitrogens with one attached hydrogen (secondary N) is 1. The van der Waals surface area contributed by atoms with Crippen molar-refractivity contribution >= 4 is 33.6 Å². The maximum Gasteiger partial charge on any atom is 0.326 e. The molecule has 0 bridgehead atoms. The Morgan fingerprint density at radius 3 is 2.89 bits per heavy atom. The van der Waals surface area contributed by atoms with Gasteiger partial charge in [0.2, 0.25) is 0 Å². The molecule has 1 aliphatic rings. The first-order valence-corrected chi connectivity index (χ1v) is 6.85. The number of anilines is 1. The highest BCUT2D eigenvalue weighted by atomic mass is 79.9. The summed E-state index contributed by atoms with van der Waals surface area (Å²) in [6, 6.07) is 4.44. The summed E-state index contributed by atoms with van der Waals surface area (Å²) >= 11 is 3.40. The Bertz CT molecular complexity index is 519. The number of likely N-dealkylation sites (tertiary alicyclic amines) is 1. The van der Waals surface area contributed by atoms with E-state index in [-0.39, 0.29) is 6.03 Å². The fourth-order valence-electron chi connectivity index (χ4n) is 2.20.